The Morgan fingerprint density at radius 1 is 1.00 bits per heavy atom. The maximum Gasteiger partial charge on any atom is 0.253 e. The first-order valence-corrected chi connectivity index (χ1v) is 7.18. The molecule has 0 unspecified atom stereocenters. The first-order valence-electron chi connectivity index (χ1n) is 6.80. The molecule has 0 aliphatic carbocycles. The topological polar surface area (TPSA) is 52.6 Å². The summed E-state index contributed by atoms with van der Waals surface area (Å²) in [7, 11) is 2.96. The minimum absolute atomic E-state index is 0.173. The van der Waals surface area contributed by atoms with Crippen LogP contribution < -0.4 is 9.47 Å². The van der Waals surface area contributed by atoms with Crippen LogP contribution in [0.4, 0.5) is 0 Å². The fraction of sp³-hybridized carbons (Fsp3) is 0.111. The largest absolute Gasteiger partial charge is 0.493 e. The molecule has 2 rings (SSSR count). The molecule has 0 aliphatic heterocycles. The van der Waals surface area contributed by atoms with E-state index in [2.05, 4.69) is 0 Å². The number of carbonyl (C=O) groups excluding carboxylic acids is 2. The monoisotopic (exact) mass is 330 g/mol. The van der Waals surface area contributed by atoms with Crippen LogP contribution in [0, 0.1) is 0 Å². The van der Waals surface area contributed by atoms with Gasteiger partial charge < -0.3 is 9.47 Å². The molecule has 0 radical (unpaired) electrons. The molecular weight excluding hydrogens is 316 g/mol. The third kappa shape index (κ3) is 3.99. The Balaban J connectivity index is 2.40. The van der Waals surface area contributed by atoms with E-state index >= 15 is 0 Å². The number of hydrogen-bond acceptors (Lipinski definition) is 4. The van der Waals surface area contributed by atoms with Crippen molar-refractivity contribution in [1.82, 2.24) is 0 Å². The maximum atomic E-state index is 12.1. The van der Waals surface area contributed by atoms with Gasteiger partial charge in [-0.3, -0.25) is 9.59 Å². The summed E-state index contributed by atoms with van der Waals surface area (Å²) in [4.78, 5) is 23.7. The highest BCUT2D eigenvalue weighted by atomic mass is 35.5. The lowest BCUT2D eigenvalue weighted by atomic mass is 10.0. The van der Waals surface area contributed by atoms with Crippen LogP contribution in [-0.4, -0.2) is 25.2 Å². The van der Waals surface area contributed by atoms with Gasteiger partial charge in [0.05, 0.1) is 14.2 Å². The molecule has 0 N–H and O–H groups in total. The van der Waals surface area contributed by atoms with Gasteiger partial charge in [0.2, 0.25) is 0 Å². The van der Waals surface area contributed by atoms with Crippen molar-refractivity contribution in [3.8, 4) is 11.5 Å². The summed E-state index contributed by atoms with van der Waals surface area (Å²) in [5.41, 5.74) is 1.27. The summed E-state index contributed by atoms with van der Waals surface area (Å²) in [6.07, 6.45) is 2.92. The van der Waals surface area contributed by atoms with Gasteiger partial charge in [-0.05, 0) is 35.4 Å². The van der Waals surface area contributed by atoms with Crippen molar-refractivity contribution in [3.63, 3.8) is 0 Å². The summed E-state index contributed by atoms with van der Waals surface area (Å²) in [6, 6.07) is 11.9. The van der Waals surface area contributed by atoms with E-state index in [-0.39, 0.29) is 11.3 Å². The van der Waals surface area contributed by atoms with Crippen molar-refractivity contribution >= 4 is 28.7 Å². The molecule has 0 bridgehead atoms. The van der Waals surface area contributed by atoms with Crippen LogP contribution in [-0.2, 0) is 0 Å². The molecule has 0 heterocycles. The zero-order chi connectivity index (χ0) is 16.8. The van der Waals surface area contributed by atoms with E-state index in [0.717, 1.165) is 0 Å². The predicted molar refractivity (Wildman–Crippen MR) is 89.5 cm³/mol. The normalized spacial score (nSPS) is 10.6. The average molecular weight is 331 g/mol. The molecule has 0 saturated carbocycles. The van der Waals surface area contributed by atoms with Crippen LogP contribution in [0.2, 0.25) is 0 Å². The lowest BCUT2D eigenvalue weighted by Gasteiger charge is -2.10. The number of rotatable bonds is 6. The average Bonchev–Trinajstić information content (AvgIpc) is 2.59. The number of hydrogen-bond donors (Lipinski definition) is 0. The zero-order valence-electron chi connectivity index (χ0n) is 12.7. The lowest BCUT2D eigenvalue weighted by molar-refractivity contribution is 0.104. The van der Waals surface area contributed by atoms with Crippen LogP contribution in [0.15, 0.2) is 48.5 Å². The first-order chi connectivity index (χ1) is 11.1. The van der Waals surface area contributed by atoms with Crippen LogP contribution in [0.5, 0.6) is 11.5 Å². The highest BCUT2D eigenvalue weighted by molar-refractivity contribution is 6.68. The quantitative estimate of drug-likeness (QED) is 0.457. The van der Waals surface area contributed by atoms with Crippen molar-refractivity contribution in [2.24, 2.45) is 0 Å². The molecule has 4 nitrogen and oxygen atoms in total. The van der Waals surface area contributed by atoms with Crippen molar-refractivity contribution in [2.75, 3.05) is 14.2 Å². The van der Waals surface area contributed by atoms with E-state index in [1.807, 2.05) is 6.07 Å². The van der Waals surface area contributed by atoms with Crippen molar-refractivity contribution < 1.29 is 19.1 Å². The summed E-state index contributed by atoms with van der Waals surface area (Å²) < 4.78 is 10.4. The number of methoxy groups -OCH3 is 2. The second kappa shape index (κ2) is 7.61. The SMILES string of the molecule is COc1cc(C=CC(=O)c2ccccc2)c(C(=O)Cl)cc1OC. The molecule has 0 saturated heterocycles. The molecule has 118 valence electrons. The smallest absolute Gasteiger partial charge is 0.253 e. The van der Waals surface area contributed by atoms with E-state index in [1.54, 1.807) is 30.3 Å². The number of ether oxygens (including phenoxy) is 2. The maximum absolute atomic E-state index is 12.1. The number of benzene rings is 2. The van der Waals surface area contributed by atoms with E-state index in [0.29, 0.717) is 22.6 Å². The molecule has 0 spiro atoms. The van der Waals surface area contributed by atoms with Crippen LogP contribution in [0.25, 0.3) is 6.08 Å². The summed E-state index contributed by atoms with van der Waals surface area (Å²) in [5.74, 6) is 0.664. The fourth-order valence-electron chi connectivity index (χ4n) is 2.07. The Hall–Kier alpha value is -2.59. The molecule has 0 amide bonds. The molecular formula is C18H15ClO4. The molecule has 0 fully saturated rings. The van der Waals surface area contributed by atoms with Crippen molar-refractivity contribution in [3.05, 3.63) is 65.2 Å². The number of ketones is 1. The van der Waals surface area contributed by atoms with Crippen molar-refractivity contribution in [2.45, 2.75) is 0 Å². The molecule has 0 aliphatic rings. The van der Waals surface area contributed by atoms with Gasteiger partial charge in [0, 0.05) is 11.1 Å². The molecule has 0 atom stereocenters. The highest BCUT2D eigenvalue weighted by Crippen LogP contribution is 2.32. The van der Waals surface area contributed by atoms with Crippen LogP contribution in [0.3, 0.4) is 0 Å². The van der Waals surface area contributed by atoms with Gasteiger partial charge in [-0.15, -0.1) is 0 Å². The zero-order valence-corrected chi connectivity index (χ0v) is 13.5. The van der Waals surface area contributed by atoms with Crippen LogP contribution in [0.1, 0.15) is 26.3 Å². The fourth-order valence-corrected chi connectivity index (χ4v) is 2.23. The Bertz CT molecular complexity index is 751. The van der Waals surface area contributed by atoms with Gasteiger partial charge in [0.15, 0.2) is 17.3 Å². The van der Waals surface area contributed by atoms with Crippen LogP contribution >= 0.6 is 11.6 Å². The lowest BCUT2D eigenvalue weighted by Crippen LogP contribution is -1.99. The second-order valence-electron chi connectivity index (χ2n) is 4.63. The number of allylic oxidation sites excluding steroid dienone is 1. The molecule has 5 heteroatoms. The third-order valence-corrected chi connectivity index (χ3v) is 3.44. The predicted octanol–water partition coefficient (Wildman–Crippen LogP) is 3.98. The number of halogens is 1. The van der Waals surface area contributed by atoms with E-state index in [1.165, 1.54) is 32.4 Å². The standard InChI is InChI=1S/C18H15ClO4/c1-22-16-10-13(14(18(19)21)11-17(16)23-2)8-9-15(20)12-6-4-3-5-7-12/h3-11H,1-2H3. The van der Waals surface area contributed by atoms with Gasteiger partial charge in [-0.2, -0.15) is 0 Å². The Morgan fingerprint density at radius 2 is 1.61 bits per heavy atom. The van der Waals surface area contributed by atoms with E-state index in [9.17, 15) is 9.59 Å². The van der Waals surface area contributed by atoms with Gasteiger partial charge in [-0.25, -0.2) is 0 Å². The van der Waals surface area contributed by atoms with Gasteiger partial charge in [0.25, 0.3) is 5.24 Å². The molecule has 23 heavy (non-hydrogen) atoms. The van der Waals surface area contributed by atoms with Gasteiger partial charge >= 0.3 is 0 Å². The van der Waals surface area contributed by atoms with Gasteiger partial charge in [-0.1, -0.05) is 36.4 Å². The molecule has 2 aromatic carbocycles. The highest BCUT2D eigenvalue weighted by Gasteiger charge is 2.14. The van der Waals surface area contributed by atoms with E-state index < -0.39 is 5.24 Å². The molecule has 2 aromatic rings. The Morgan fingerprint density at radius 3 is 2.17 bits per heavy atom. The summed E-state index contributed by atoms with van der Waals surface area (Å²) in [6.45, 7) is 0. The first kappa shape index (κ1) is 16.8. The molecule has 0 aromatic heterocycles. The minimum atomic E-state index is -0.641. The Labute approximate surface area is 139 Å². The summed E-state index contributed by atoms with van der Waals surface area (Å²) >= 11 is 5.61. The minimum Gasteiger partial charge on any atom is -0.493 e. The Kier molecular flexibility index (Phi) is 5.55. The third-order valence-electron chi connectivity index (χ3n) is 3.24. The van der Waals surface area contributed by atoms with E-state index in [4.69, 9.17) is 21.1 Å². The van der Waals surface area contributed by atoms with Crippen molar-refractivity contribution in [1.29, 1.82) is 0 Å². The second-order valence-corrected chi connectivity index (χ2v) is 4.98. The number of carbonyl (C=O) groups is 2. The van der Waals surface area contributed by atoms with Gasteiger partial charge in [0.1, 0.15) is 0 Å². The summed E-state index contributed by atoms with van der Waals surface area (Å²) in [5, 5.41) is -0.641.